The highest BCUT2D eigenvalue weighted by Crippen LogP contribution is 2.28. The van der Waals surface area contributed by atoms with Crippen LogP contribution >= 0.6 is 11.6 Å². The van der Waals surface area contributed by atoms with Gasteiger partial charge in [-0.1, -0.05) is 60.1 Å². The van der Waals surface area contributed by atoms with E-state index in [9.17, 15) is 14.3 Å². The molecular formula is C25H22ClFN2O2. The van der Waals surface area contributed by atoms with E-state index in [0.717, 1.165) is 33.5 Å². The van der Waals surface area contributed by atoms with Gasteiger partial charge in [0.1, 0.15) is 11.5 Å². The fourth-order valence-corrected chi connectivity index (χ4v) is 4.15. The maximum atomic E-state index is 13.7. The normalized spacial score (nSPS) is 11.2. The lowest BCUT2D eigenvalue weighted by Crippen LogP contribution is -2.19. The number of nitrogens with zero attached hydrogens (tertiary/aromatic N) is 1. The molecule has 4 aromatic rings. The predicted octanol–water partition coefficient (Wildman–Crippen LogP) is 5.51. The molecule has 2 N–H and O–H groups in total. The predicted molar refractivity (Wildman–Crippen MR) is 121 cm³/mol. The number of hydrogen-bond donors (Lipinski definition) is 2. The Balaban J connectivity index is 1.62. The molecule has 3 aromatic carbocycles. The lowest BCUT2D eigenvalue weighted by molar-refractivity contribution is 0.0685. The Labute approximate surface area is 184 Å². The van der Waals surface area contributed by atoms with Gasteiger partial charge in [0.25, 0.3) is 0 Å². The molecule has 0 amide bonds. The zero-order valence-corrected chi connectivity index (χ0v) is 17.6. The van der Waals surface area contributed by atoms with E-state index in [0.29, 0.717) is 18.7 Å². The van der Waals surface area contributed by atoms with Crippen LogP contribution in [0.5, 0.6) is 0 Å². The molecule has 158 valence electrons. The summed E-state index contributed by atoms with van der Waals surface area (Å²) in [6, 6.07) is 21.5. The Bertz CT molecular complexity index is 1240. The average molecular weight is 437 g/mol. The minimum absolute atomic E-state index is 0.218. The van der Waals surface area contributed by atoms with Gasteiger partial charge < -0.3 is 15.0 Å². The van der Waals surface area contributed by atoms with Crippen molar-refractivity contribution in [2.75, 3.05) is 6.54 Å². The summed E-state index contributed by atoms with van der Waals surface area (Å²) < 4.78 is 15.4. The van der Waals surface area contributed by atoms with Crippen molar-refractivity contribution in [1.29, 1.82) is 0 Å². The van der Waals surface area contributed by atoms with Crippen LogP contribution in [-0.4, -0.2) is 22.2 Å². The van der Waals surface area contributed by atoms with Crippen LogP contribution in [0.2, 0.25) is 5.02 Å². The number of aromatic nitrogens is 1. The van der Waals surface area contributed by atoms with Crippen molar-refractivity contribution in [3.05, 3.63) is 106 Å². The summed E-state index contributed by atoms with van der Waals surface area (Å²) in [4.78, 5) is 12.2. The van der Waals surface area contributed by atoms with Crippen LogP contribution in [0.4, 0.5) is 4.39 Å². The summed E-state index contributed by atoms with van der Waals surface area (Å²) in [6.45, 7) is 1.34. The monoisotopic (exact) mass is 436 g/mol. The van der Waals surface area contributed by atoms with Crippen LogP contribution in [0.1, 0.15) is 27.2 Å². The van der Waals surface area contributed by atoms with Gasteiger partial charge in [-0.2, -0.15) is 0 Å². The second-order valence-electron chi connectivity index (χ2n) is 7.38. The van der Waals surface area contributed by atoms with Gasteiger partial charge in [0.05, 0.1) is 0 Å². The third kappa shape index (κ3) is 4.63. The molecule has 6 heteroatoms. The summed E-state index contributed by atoms with van der Waals surface area (Å²) >= 11 is 6.22. The maximum absolute atomic E-state index is 13.7. The largest absolute Gasteiger partial charge is 0.477 e. The zero-order valence-electron chi connectivity index (χ0n) is 16.8. The Morgan fingerprint density at radius 3 is 2.58 bits per heavy atom. The van der Waals surface area contributed by atoms with Gasteiger partial charge in [0.15, 0.2) is 0 Å². The fourth-order valence-electron chi connectivity index (χ4n) is 3.92. The molecule has 0 spiro atoms. The highest BCUT2D eigenvalue weighted by Gasteiger charge is 2.22. The van der Waals surface area contributed by atoms with Gasteiger partial charge in [-0.15, -0.1) is 0 Å². The molecule has 0 radical (unpaired) electrons. The van der Waals surface area contributed by atoms with E-state index in [4.69, 9.17) is 11.6 Å². The van der Waals surface area contributed by atoms with Crippen molar-refractivity contribution in [3.63, 3.8) is 0 Å². The molecule has 0 saturated carbocycles. The smallest absolute Gasteiger partial charge is 0.352 e. The number of carbonyl (C=O) groups is 1. The standard InChI is InChI=1S/C25H22ClFN2O2/c26-22-10-3-1-7-18(22)12-13-28-15-21-20-9-2-4-11-23(20)29(24(21)25(30)31)16-17-6-5-8-19(27)14-17/h1-11,14,28H,12-13,15-16H2,(H,30,31). The molecule has 0 fully saturated rings. The molecule has 0 aliphatic heterocycles. The van der Waals surface area contributed by atoms with Crippen LogP contribution in [-0.2, 0) is 19.5 Å². The van der Waals surface area contributed by atoms with E-state index in [-0.39, 0.29) is 18.1 Å². The number of benzene rings is 3. The maximum Gasteiger partial charge on any atom is 0.352 e. The van der Waals surface area contributed by atoms with Crippen molar-refractivity contribution in [1.82, 2.24) is 9.88 Å². The first kappa shape index (κ1) is 21.1. The SMILES string of the molecule is O=C(O)c1c(CNCCc2ccccc2Cl)c2ccccc2n1Cc1cccc(F)c1. The third-order valence-corrected chi connectivity index (χ3v) is 5.71. The molecule has 1 aromatic heterocycles. The van der Waals surface area contributed by atoms with Crippen molar-refractivity contribution < 1.29 is 14.3 Å². The first-order valence-electron chi connectivity index (χ1n) is 10.1. The molecule has 0 unspecified atom stereocenters. The van der Waals surface area contributed by atoms with Gasteiger partial charge >= 0.3 is 5.97 Å². The van der Waals surface area contributed by atoms with Crippen LogP contribution in [0.15, 0.2) is 72.8 Å². The first-order valence-corrected chi connectivity index (χ1v) is 10.4. The Morgan fingerprint density at radius 1 is 1.03 bits per heavy atom. The van der Waals surface area contributed by atoms with E-state index < -0.39 is 5.97 Å². The highest BCUT2D eigenvalue weighted by molar-refractivity contribution is 6.31. The number of carboxylic acids is 1. The topological polar surface area (TPSA) is 54.3 Å². The Hall–Kier alpha value is -3.15. The van der Waals surface area contributed by atoms with E-state index >= 15 is 0 Å². The van der Waals surface area contributed by atoms with Crippen LogP contribution in [0.25, 0.3) is 10.9 Å². The van der Waals surface area contributed by atoms with E-state index in [2.05, 4.69) is 5.32 Å². The summed E-state index contributed by atoms with van der Waals surface area (Å²) in [6.07, 6.45) is 0.740. The molecule has 0 bridgehead atoms. The van der Waals surface area contributed by atoms with Crippen molar-refractivity contribution in [2.24, 2.45) is 0 Å². The number of rotatable bonds is 8. The Kier molecular flexibility index (Phi) is 6.35. The molecule has 0 aliphatic rings. The van der Waals surface area contributed by atoms with Crippen LogP contribution in [0, 0.1) is 5.82 Å². The van der Waals surface area contributed by atoms with Crippen LogP contribution in [0.3, 0.4) is 0 Å². The van der Waals surface area contributed by atoms with Gasteiger partial charge in [0, 0.05) is 34.6 Å². The van der Waals surface area contributed by atoms with Gasteiger partial charge in [-0.25, -0.2) is 9.18 Å². The van der Waals surface area contributed by atoms with Crippen molar-refractivity contribution in [3.8, 4) is 0 Å². The summed E-state index contributed by atoms with van der Waals surface area (Å²) in [5, 5.41) is 15.0. The molecule has 0 aliphatic carbocycles. The quantitative estimate of drug-likeness (QED) is 0.358. The van der Waals surface area contributed by atoms with E-state index in [1.807, 2.05) is 48.5 Å². The van der Waals surface area contributed by atoms with Gasteiger partial charge in [-0.05, 0) is 48.4 Å². The average Bonchev–Trinajstić information content (AvgIpc) is 3.06. The summed E-state index contributed by atoms with van der Waals surface area (Å²) in [5.74, 6) is -1.34. The lowest BCUT2D eigenvalue weighted by Gasteiger charge is -2.10. The number of para-hydroxylation sites is 1. The molecule has 31 heavy (non-hydrogen) atoms. The fraction of sp³-hybridized carbons (Fsp3) is 0.160. The minimum atomic E-state index is -1.00. The number of nitrogens with one attached hydrogen (secondary N) is 1. The number of fused-ring (bicyclic) bond motifs is 1. The van der Waals surface area contributed by atoms with Crippen molar-refractivity contribution >= 4 is 28.5 Å². The number of aromatic carboxylic acids is 1. The van der Waals surface area contributed by atoms with Gasteiger partial charge in [0.2, 0.25) is 0 Å². The number of hydrogen-bond acceptors (Lipinski definition) is 2. The number of carboxylic acid groups (broad SMARTS) is 1. The van der Waals surface area contributed by atoms with Crippen molar-refractivity contribution in [2.45, 2.75) is 19.5 Å². The zero-order chi connectivity index (χ0) is 21.8. The summed E-state index contributed by atoms with van der Waals surface area (Å²) in [5.41, 5.74) is 3.51. The lowest BCUT2D eigenvalue weighted by atomic mass is 10.1. The third-order valence-electron chi connectivity index (χ3n) is 5.34. The molecule has 1 heterocycles. The second-order valence-corrected chi connectivity index (χ2v) is 7.79. The second kappa shape index (κ2) is 9.33. The van der Waals surface area contributed by atoms with Gasteiger partial charge in [-0.3, -0.25) is 0 Å². The van der Waals surface area contributed by atoms with E-state index in [1.165, 1.54) is 12.1 Å². The highest BCUT2D eigenvalue weighted by atomic mass is 35.5. The molecule has 4 rings (SSSR count). The Morgan fingerprint density at radius 2 is 1.81 bits per heavy atom. The molecule has 0 atom stereocenters. The summed E-state index contributed by atoms with van der Waals surface area (Å²) in [7, 11) is 0. The van der Waals surface area contributed by atoms with Crippen LogP contribution < -0.4 is 5.32 Å². The molecule has 0 saturated heterocycles. The minimum Gasteiger partial charge on any atom is -0.477 e. The molecule has 4 nitrogen and oxygen atoms in total. The van der Waals surface area contributed by atoms with E-state index in [1.54, 1.807) is 16.7 Å². The first-order chi connectivity index (χ1) is 15.0. The molecular weight excluding hydrogens is 415 g/mol. The number of halogens is 2.